The van der Waals surface area contributed by atoms with E-state index in [1.807, 2.05) is 0 Å². The highest BCUT2D eigenvalue weighted by Crippen LogP contribution is 2.60. The zero-order chi connectivity index (χ0) is 16.4. The molecule has 0 spiro atoms. The first-order chi connectivity index (χ1) is 10.3. The van der Waals surface area contributed by atoms with Crippen molar-refractivity contribution in [1.29, 1.82) is 0 Å². The molecule has 0 saturated heterocycles. The third kappa shape index (κ3) is 3.76. The molecule has 0 nitrogen and oxygen atoms in total. The number of benzene rings is 1. The fraction of sp³-hybridized carbons (Fsp3) is 0.625. The van der Waals surface area contributed by atoms with E-state index in [1.54, 1.807) is 0 Å². The maximum Gasteiger partial charge on any atom is 0.237 e. The van der Waals surface area contributed by atoms with Gasteiger partial charge in [-0.1, -0.05) is 38.3 Å². The highest BCUT2D eigenvalue weighted by molar-refractivity contribution is 8.20. The lowest BCUT2D eigenvalue weighted by molar-refractivity contribution is -0.0127. The molecule has 0 aromatic heterocycles. The van der Waals surface area contributed by atoms with Crippen LogP contribution in [0.15, 0.2) is 29.2 Å². The van der Waals surface area contributed by atoms with Crippen molar-refractivity contribution in [3.8, 4) is 0 Å². The van der Waals surface area contributed by atoms with E-state index in [4.69, 9.17) is 0 Å². The van der Waals surface area contributed by atoms with Gasteiger partial charge in [0, 0.05) is 0 Å². The average molecular weight is 340 g/mol. The van der Waals surface area contributed by atoms with Gasteiger partial charge in [0.1, 0.15) is 6.17 Å². The number of unbranched alkanes of at least 4 members (excludes halogenated alkanes) is 1. The summed E-state index contributed by atoms with van der Waals surface area (Å²) in [4.78, 5) is -0.758. The molecule has 1 aromatic rings. The Bertz CT molecular complexity index is 484. The van der Waals surface area contributed by atoms with Gasteiger partial charge in [-0.25, -0.2) is 8.78 Å². The van der Waals surface area contributed by atoms with Gasteiger partial charge < -0.3 is 0 Å². The van der Waals surface area contributed by atoms with E-state index >= 15 is 0 Å². The van der Waals surface area contributed by atoms with Crippen LogP contribution < -0.4 is 0 Å². The fourth-order valence-corrected chi connectivity index (χ4v) is 3.58. The number of rotatable bonds is 5. The molecule has 3 atom stereocenters. The van der Waals surface area contributed by atoms with Crippen LogP contribution in [0.3, 0.4) is 0 Å². The summed E-state index contributed by atoms with van der Waals surface area (Å²) in [5.41, 5.74) is -2.12. The van der Waals surface area contributed by atoms with Crippen LogP contribution in [-0.4, -0.2) is 6.17 Å². The zero-order valence-electron chi connectivity index (χ0n) is 12.5. The van der Waals surface area contributed by atoms with Crippen LogP contribution in [0.2, 0.25) is 0 Å². The summed E-state index contributed by atoms with van der Waals surface area (Å²) in [5.74, 6) is 0.178. The minimum absolute atomic E-state index is 0.0290. The minimum Gasteiger partial charge on any atom is -0.244 e. The van der Waals surface area contributed by atoms with Crippen LogP contribution in [-0.2, 0) is 5.67 Å². The molecule has 0 bridgehead atoms. The lowest BCUT2D eigenvalue weighted by atomic mass is 9.74. The Morgan fingerprint density at radius 3 is 2.32 bits per heavy atom. The molecule has 1 saturated carbocycles. The molecule has 1 aromatic carbocycles. The molecule has 3 unspecified atom stereocenters. The van der Waals surface area contributed by atoms with E-state index in [0.717, 1.165) is 43.5 Å². The Morgan fingerprint density at radius 1 is 1.18 bits per heavy atom. The van der Waals surface area contributed by atoms with Gasteiger partial charge in [0.25, 0.3) is 0 Å². The SMILES string of the molecule is CCCCC1CCC(F)(c2ccc(S(F)(F)F)cc2)C(F)C1. The summed E-state index contributed by atoms with van der Waals surface area (Å²) >= 11 is -5.32. The van der Waals surface area contributed by atoms with E-state index in [-0.39, 0.29) is 24.3 Å². The van der Waals surface area contributed by atoms with E-state index in [1.165, 1.54) is 0 Å². The predicted octanol–water partition coefficient (Wildman–Crippen LogP) is 7.00. The first-order valence-electron chi connectivity index (χ1n) is 7.63. The third-order valence-electron chi connectivity index (χ3n) is 4.52. The van der Waals surface area contributed by atoms with Crippen molar-refractivity contribution in [2.24, 2.45) is 5.92 Å². The van der Waals surface area contributed by atoms with Crippen molar-refractivity contribution in [1.82, 2.24) is 0 Å². The number of hydrogen-bond acceptors (Lipinski definition) is 0. The van der Waals surface area contributed by atoms with Crippen molar-refractivity contribution in [3.05, 3.63) is 29.8 Å². The van der Waals surface area contributed by atoms with Gasteiger partial charge in [-0.3, -0.25) is 0 Å². The average Bonchev–Trinajstić information content (AvgIpc) is 2.48. The number of alkyl halides is 2. The van der Waals surface area contributed by atoms with Gasteiger partial charge in [0.05, 0.1) is 4.90 Å². The Kier molecular flexibility index (Phi) is 5.41. The summed E-state index contributed by atoms with van der Waals surface area (Å²) < 4.78 is 67.2. The number of halogens is 5. The zero-order valence-corrected chi connectivity index (χ0v) is 13.3. The second kappa shape index (κ2) is 6.77. The Balaban J connectivity index is 2.11. The van der Waals surface area contributed by atoms with E-state index in [9.17, 15) is 20.4 Å². The van der Waals surface area contributed by atoms with E-state index in [0.29, 0.717) is 6.42 Å². The first kappa shape index (κ1) is 17.6. The van der Waals surface area contributed by atoms with Gasteiger partial charge in [-0.15, -0.1) is 11.7 Å². The molecular weight excluding hydrogens is 319 g/mol. The molecule has 1 aliphatic carbocycles. The van der Waals surface area contributed by atoms with Gasteiger partial charge >= 0.3 is 0 Å². The normalized spacial score (nSPS) is 30.3. The summed E-state index contributed by atoms with van der Waals surface area (Å²) in [6.07, 6.45) is 2.05. The monoisotopic (exact) mass is 340 g/mol. The van der Waals surface area contributed by atoms with Crippen LogP contribution in [0.25, 0.3) is 0 Å². The van der Waals surface area contributed by atoms with Crippen molar-refractivity contribution >= 4 is 11.2 Å². The summed E-state index contributed by atoms with van der Waals surface area (Å²) in [5, 5.41) is 0. The van der Waals surface area contributed by atoms with Crippen molar-refractivity contribution in [2.45, 2.75) is 62.2 Å². The maximum absolute atomic E-state index is 15.0. The lowest BCUT2D eigenvalue weighted by Gasteiger charge is -2.37. The van der Waals surface area contributed by atoms with Crippen LogP contribution in [0, 0.1) is 5.92 Å². The second-order valence-corrected chi connectivity index (χ2v) is 7.33. The molecule has 0 aliphatic heterocycles. The summed E-state index contributed by atoms with van der Waals surface area (Å²) in [6.45, 7) is 2.05. The molecule has 1 fully saturated rings. The molecular formula is C16H21F5S. The van der Waals surface area contributed by atoms with Crippen molar-refractivity contribution < 1.29 is 20.4 Å². The quantitative estimate of drug-likeness (QED) is 0.506. The highest BCUT2D eigenvalue weighted by Gasteiger charge is 2.46. The largest absolute Gasteiger partial charge is 0.244 e. The van der Waals surface area contributed by atoms with E-state index < -0.39 is 27.9 Å². The Hall–Kier alpha value is -0.780. The third-order valence-corrected chi connectivity index (χ3v) is 5.33. The summed E-state index contributed by atoms with van der Waals surface area (Å²) in [6, 6.07) is 3.91. The molecule has 0 radical (unpaired) electrons. The highest BCUT2D eigenvalue weighted by atomic mass is 32.3. The topological polar surface area (TPSA) is 0 Å². The van der Waals surface area contributed by atoms with Crippen LogP contribution in [0.5, 0.6) is 0 Å². The number of hydrogen-bond donors (Lipinski definition) is 0. The smallest absolute Gasteiger partial charge is 0.237 e. The molecule has 126 valence electrons. The standard InChI is InChI=1S/C16H21F5S/c1-2-3-4-12-9-10-16(18,15(17)11-12)13-5-7-14(8-6-13)22(19,20)21/h5-8,12,15H,2-4,9-11H2,1H3. The minimum atomic E-state index is -5.32. The Morgan fingerprint density at radius 2 is 1.82 bits per heavy atom. The van der Waals surface area contributed by atoms with Crippen LogP contribution in [0.4, 0.5) is 20.4 Å². The summed E-state index contributed by atoms with van der Waals surface area (Å²) in [7, 11) is 0. The lowest BCUT2D eigenvalue weighted by Crippen LogP contribution is -2.38. The first-order valence-corrected chi connectivity index (χ1v) is 8.96. The molecule has 0 N–H and O–H groups in total. The Labute approximate surface area is 130 Å². The van der Waals surface area contributed by atoms with Crippen molar-refractivity contribution in [2.75, 3.05) is 0 Å². The van der Waals surface area contributed by atoms with Gasteiger partial charge in [-0.2, -0.15) is 0 Å². The van der Waals surface area contributed by atoms with Crippen LogP contribution >= 0.6 is 11.2 Å². The van der Waals surface area contributed by atoms with Gasteiger partial charge in [0.15, 0.2) is 5.67 Å². The maximum atomic E-state index is 15.0. The molecule has 0 amide bonds. The van der Waals surface area contributed by atoms with Crippen LogP contribution in [0.1, 0.15) is 51.0 Å². The van der Waals surface area contributed by atoms with Crippen molar-refractivity contribution in [3.63, 3.8) is 0 Å². The molecule has 2 rings (SSSR count). The predicted molar refractivity (Wildman–Crippen MR) is 80.2 cm³/mol. The van der Waals surface area contributed by atoms with Gasteiger partial charge in [-0.05, 0) is 42.9 Å². The molecule has 22 heavy (non-hydrogen) atoms. The van der Waals surface area contributed by atoms with Gasteiger partial charge in [0.2, 0.25) is 11.2 Å². The molecule has 6 heteroatoms. The molecule has 1 aliphatic rings. The second-order valence-electron chi connectivity index (χ2n) is 6.04. The fourth-order valence-electron chi connectivity index (χ4n) is 3.13. The molecule has 0 heterocycles. The van der Waals surface area contributed by atoms with E-state index in [2.05, 4.69) is 6.92 Å².